The van der Waals surface area contributed by atoms with Crippen LogP contribution < -0.4 is 5.32 Å². The number of nitrogens with zero attached hydrogens (tertiary/aromatic N) is 2. The average molecular weight is 239 g/mol. The molecule has 17 heavy (non-hydrogen) atoms. The van der Waals surface area contributed by atoms with Crippen molar-refractivity contribution in [3.05, 3.63) is 11.4 Å². The summed E-state index contributed by atoms with van der Waals surface area (Å²) in [7, 11) is 0. The predicted octanol–water partition coefficient (Wildman–Crippen LogP) is 1.55. The first kappa shape index (κ1) is 12.5. The summed E-state index contributed by atoms with van der Waals surface area (Å²) in [5.74, 6) is 0. The van der Waals surface area contributed by atoms with Crippen molar-refractivity contribution >= 4 is 0 Å². The van der Waals surface area contributed by atoms with Crippen LogP contribution in [0.2, 0.25) is 0 Å². The van der Waals surface area contributed by atoms with E-state index in [2.05, 4.69) is 20.3 Å². The lowest BCUT2D eigenvalue weighted by Crippen LogP contribution is -2.40. The number of aryl methyl sites for hydroxylation is 1. The van der Waals surface area contributed by atoms with Crippen molar-refractivity contribution in [2.45, 2.75) is 57.6 Å². The standard InChI is InChI=1S/C12H21N3O2/c1-10-11(15-17-14-10)8-13-9-12(16)6-4-2-3-5-7-12/h13,16H,2-9H2,1H3. The molecular formula is C12H21N3O2. The van der Waals surface area contributed by atoms with Gasteiger partial charge in [-0.05, 0) is 19.8 Å². The second-order valence-corrected chi connectivity index (χ2v) is 5.04. The highest BCUT2D eigenvalue weighted by Gasteiger charge is 2.27. The van der Waals surface area contributed by atoms with Gasteiger partial charge in [0.1, 0.15) is 11.4 Å². The van der Waals surface area contributed by atoms with E-state index in [1.165, 1.54) is 12.8 Å². The number of hydrogen-bond donors (Lipinski definition) is 2. The van der Waals surface area contributed by atoms with Crippen molar-refractivity contribution in [2.24, 2.45) is 0 Å². The molecule has 1 fully saturated rings. The van der Waals surface area contributed by atoms with E-state index in [1.807, 2.05) is 6.92 Å². The van der Waals surface area contributed by atoms with Gasteiger partial charge in [0.2, 0.25) is 0 Å². The van der Waals surface area contributed by atoms with Crippen molar-refractivity contribution in [2.75, 3.05) is 6.54 Å². The van der Waals surface area contributed by atoms with E-state index in [0.717, 1.165) is 37.1 Å². The maximum Gasteiger partial charge on any atom is 0.121 e. The van der Waals surface area contributed by atoms with E-state index >= 15 is 0 Å². The summed E-state index contributed by atoms with van der Waals surface area (Å²) in [4.78, 5) is 0. The van der Waals surface area contributed by atoms with E-state index in [9.17, 15) is 5.11 Å². The van der Waals surface area contributed by atoms with E-state index in [4.69, 9.17) is 0 Å². The Hall–Kier alpha value is -0.940. The summed E-state index contributed by atoms with van der Waals surface area (Å²) in [6, 6.07) is 0. The molecule has 0 unspecified atom stereocenters. The van der Waals surface area contributed by atoms with Crippen LogP contribution in [0.1, 0.15) is 49.9 Å². The van der Waals surface area contributed by atoms with Crippen molar-refractivity contribution in [3.8, 4) is 0 Å². The second kappa shape index (κ2) is 5.60. The topological polar surface area (TPSA) is 71.2 Å². The Morgan fingerprint density at radius 2 is 1.94 bits per heavy atom. The third-order valence-corrected chi connectivity index (χ3v) is 3.53. The molecule has 0 spiro atoms. The summed E-state index contributed by atoms with van der Waals surface area (Å²) >= 11 is 0. The maximum atomic E-state index is 10.4. The lowest BCUT2D eigenvalue weighted by atomic mass is 9.94. The Balaban J connectivity index is 1.79. The molecular weight excluding hydrogens is 218 g/mol. The van der Waals surface area contributed by atoms with Crippen molar-refractivity contribution in [1.82, 2.24) is 15.6 Å². The highest BCUT2D eigenvalue weighted by Crippen LogP contribution is 2.26. The molecule has 5 heteroatoms. The molecule has 96 valence electrons. The molecule has 0 aliphatic heterocycles. The van der Waals surface area contributed by atoms with Crippen molar-refractivity contribution < 1.29 is 9.74 Å². The van der Waals surface area contributed by atoms with Gasteiger partial charge in [-0.1, -0.05) is 36.0 Å². The fourth-order valence-corrected chi connectivity index (χ4v) is 2.39. The molecule has 0 bridgehead atoms. The maximum absolute atomic E-state index is 10.4. The van der Waals surface area contributed by atoms with Gasteiger partial charge in [-0.2, -0.15) is 0 Å². The number of nitrogens with one attached hydrogen (secondary N) is 1. The van der Waals surface area contributed by atoms with Crippen LogP contribution >= 0.6 is 0 Å². The average Bonchev–Trinajstić information content (AvgIpc) is 2.58. The van der Waals surface area contributed by atoms with Gasteiger partial charge in [0.15, 0.2) is 0 Å². The van der Waals surface area contributed by atoms with Crippen LogP contribution in [0.15, 0.2) is 4.63 Å². The summed E-state index contributed by atoms with van der Waals surface area (Å²) in [5.41, 5.74) is 1.09. The lowest BCUT2D eigenvalue weighted by Gasteiger charge is -2.26. The smallest absolute Gasteiger partial charge is 0.121 e. The summed E-state index contributed by atoms with van der Waals surface area (Å²) in [6.45, 7) is 3.10. The number of hydrogen-bond acceptors (Lipinski definition) is 5. The highest BCUT2D eigenvalue weighted by molar-refractivity contribution is 5.04. The minimum atomic E-state index is -0.540. The van der Waals surface area contributed by atoms with E-state index < -0.39 is 5.60 Å². The zero-order chi connectivity index (χ0) is 12.1. The molecule has 2 rings (SSSR count). The quantitative estimate of drug-likeness (QED) is 0.780. The normalized spacial score (nSPS) is 20.1. The molecule has 5 nitrogen and oxygen atoms in total. The van der Waals surface area contributed by atoms with Gasteiger partial charge in [0.05, 0.1) is 5.60 Å². The van der Waals surface area contributed by atoms with Gasteiger partial charge < -0.3 is 10.4 Å². The Morgan fingerprint density at radius 3 is 2.53 bits per heavy atom. The molecule has 2 N–H and O–H groups in total. The molecule has 0 amide bonds. The fourth-order valence-electron chi connectivity index (χ4n) is 2.39. The summed E-state index contributed by atoms with van der Waals surface area (Å²) in [6.07, 6.45) is 6.54. The van der Waals surface area contributed by atoms with Crippen LogP contribution in [0, 0.1) is 6.92 Å². The number of aromatic nitrogens is 2. The van der Waals surface area contributed by atoms with Crippen LogP contribution in [0.5, 0.6) is 0 Å². The molecule has 1 aliphatic rings. The SMILES string of the molecule is Cc1nonc1CNCC1(O)CCCCCC1. The van der Waals surface area contributed by atoms with Crippen LogP contribution in [0.4, 0.5) is 0 Å². The first-order valence-corrected chi connectivity index (χ1v) is 6.41. The van der Waals surface area contributed by atoms with Crippen LogP contribution in [0.25, 0.3) is 0 Å². The third-order valence-electron chi connectivity index (χ3n) is 3.53. The van der Waals surface area contributed by atoms with Gasteiger partial charge in [-0.3, -0.25) is 0 Å². The van der Waals surface area contributed by atoms with Gasteiger partial charge in [0.25, 0.3) is 0 Å². The molecule has 0 aromatic carbocycles. The Bertz CT molecular complexity index is 343. The van der Waals surface area contributed by atoms with E-state index in [-0.39, 0.29) is 0 Å². The van der Waals surface area contributed by atoms with Gasteiger partial charge in [-0.25, -0.2) is 4.63 Å². The number of rotatable bonds is 4. The third kappa shape index (κ3) is 3.51. The first-order valence-electron chi connectivity index (χ1n) is 6.41. The molecule has 1 heterocycles. The van der Waals surface area contributed by atoms with E-state index in [0.29, 0.717) is 13.1 Å². The van der Waals surface area contributed by atoms with Crippen LogP contribution in [-0.4, -0.2) is 27.6 Å². The molecule has 1 aromatic heterocycles. The summed E-state index contributed by atoms with van der Waals surface area (Å²) < 4.78 is 4.63. The minimum absolute atomic E-state index is 0.540. The molecule has 0 radical (unpaired) electrons. The Morgan fingerprint density at radius 1 is 1.24 bits per heavy atom. The van der Waals surface area contributed by atoms with Crippen molar-refractivity contribution in [1.29, 1.82) is 0 Å². The molecule has 1 aliphatic carbocycles. The molecule has 0 atom stereocenters. The van der Waals surface area contributed by atoms with Crippen LogP contribution in [-0.2, 0) is 6.54 Å². The first-order chi connectivity index (χ1) is 8.20. The minimum Gasteiger partial charge on any atom is -0.389 e. The number of aliphatic hydroxyl groups is 1. The summed E-state index contributed by atoms with van der Waals surface area (Å²) in [5, 5.41) is 21.2. The van der Waals surface area contributed by atoms with E-state index in [1.54, 1.807) is 0 Å². The van der Waals surface area contributed by atoms with Gasteiger partial charge in [-0.15, -0.1) is 0 Å². The Kier molecular flexibility index (Phi) is 4.12. The second-order valence-electron chi connectivity index (χ2n) is 5.04. The zero-order valence-electron chi connectivity index (χ0n) is 10.4. The van der Waals surface area contributed by atoms with Gasteiger partial charge >= 0.3 is 0 Å². The van der Waals surface area contributed by atoms with Crippen LogP contribution in [0.3, 0.4) is 0 Å². The molecule has 1 aromatic rings. The zero-order valence-corrected chi connectivity index (χ0v) is 10.4. The van der Waals surface area contributed by atoms with Gasteiger partial charge in [0, 0.05) is 13.1 Å². The fraction of sp³-hybridized carbons (Fsp3) is 0.833. The Labute approximate surface area is 102 Å². The predicted molar refractivity (Wildman–Crippen MR) is 63.4 cm³/mol. The lowest BCUT2D eigenvalue weighted by molar-refractivity contribution is 0.0249. The van der Waals surface area contributed by atoms with Crippen molar-refractivity contribution in [3.63, 3.8) is 0 Å². The molecule has 0 saturated heterocycles. The molecule has 1 saturated carbocycles. The largest absolute Gasteiger partial charge is 0.389 e. The monoisotopic (exact) mass is 239 g/mol. The highest BCUT2D eigenvalue weighted by atomic mass is 16.6.